The second-order valence-electron chi connectivity index (χ2n) is 18.3. The van der Waals surface area contributed by atoms with Gasteiger partial charge in [0.05, 0.1) is 25.2 Å². The molecule has 6 nitrogen and oxygen atoms in total. The number of hydrogen-bond donors (Lipinski definition) is 3. The second kappa shape index (κ2) is 49.1. The van der Waals surface area contributed by atoms with E-state index in [0.29, 0.717) is 19.3 Å². The lowest BCUT2D eigenvalue weighted by molar-refractivity contribution is -0.151. The fraction of sp³-hybridized carbons (Fsp3) is 0.855. The maximum atomic E-state index is 13.2. The predicted octanol–water partition coefficient (Wildman–Crippen LogP) is 16.1. The minimum atomic E-state index is -0.788. The van der Waals surface area contributed by atoms with Gasteiger partial charge in [-0.3, -0.25) is 9.59 Å². The van der Waals surface area contributed by atoms with Crippen molar-refractivity contribution in [2.45, 2.75) is 296 Å². The number of allylic oxidation sites excluding steroid dienone is 6. The number of carbonyl (C=O) groups is 2. The van der Waals surface area contributed by atoms with Crippen LogP contribution in [0.1, 0.15) is 278 Å². The molecule has 1 amide bonds. The van der Waals surface area contributed by atoms with E-state index in [1.165, 1.54) is 161 Å². The Morgan fingerprint density at radius 1 is 0.492 bits per heavy atom. The predicted molar refractivity (Wildman–Crippen MR) is 264 cm³/mol. The molecular weight excluding hydrogens is 755 g/mol. The van der Waals surface area contributed by atoms with E-state index in [9.17, 15) is 19.8 Å². The molecule has 0 aliphatic carbocycles. The molecule has 0 saturated carbocycles. The highest BCUT2D eigenvalue weighted by Crippen LogP contribution is 2.19. The number of rotatable bonds is 48. The molecule has 0 heterocycles. The van der Waals surface area contributed by atoms with Gasteiger partial charge >= 0.3 is 5.97 Å². The number of aliphatic hydroxyl groups is 2. The summed E-state index contributed by atoms with van der Waals surface area (Å²) in [6.07, 6.45) is 57.8. The maximum Gasteiger partial charge on any atom is 0.306 e. The topological polar surface area (TPSA) is 95.9 Å². The first-order valence-corrected chi connectivity index (χ1v) is 26.7. The summed E-state index contributed by atoms with van der Waals surface area (Å²) in [7, 11) is 0. The molecule has 3 unspecified atom stereocenters. The van der Waals surface area contributed by atoms with Gasteiger partial charge in [0, 0.05) is 6.42 Å². The third-order valence-corrected chi connectivity index (χ3v) is 12.3. The first-order chi connectivity index (χ1) is 30.0. The Morgan fingerprint density at radius 2 is 0.885 bits per heavy atom. The number of carbonyl (C=O) groups excluding carboxylic acids is 2. The van der Waals surface area contributed by atoms with E-state index in [2.05, 4.69) is 62.5 Å². The third-order valence-electron chi connectivity index (χ3n) is 12.3. The summed E-state index contributed by atoms with van der Waals surface area (Å²) in [5.74, 6) is -0.485. The summed E-state index contributed by atoms with van der Waals surface area (Å²) in [5.41, 5.74) is 0. The third kappa shape index (κ3) is 44.5. The van der Waals surface area contributed by atoms with Gasteiger partial charge < -0.3 is 20.3 Å². The van der Waals surface area contributed by atoms with Crippen molar-refractivity contribution >= 4 is 11.9 Å². The van der Waals surface area contributed by atoms with E-state index in [0.717, 1.165) is 70.6 Å². The van der Waals surface area contributed by atoms with Crippen LogP contribution in [0, 0.1) is 0 Å². The zero-order valence-electron chi connectivity index (χ0n) is 40.8. The fourth-order valence-corrected chi connectivity index (χ4v) is 8.26. The van der Waals surface area contributed by atoms with Crippen molar-refractivity contribution in [2.24, 2.45) is 0 Å². The standard InChI is InChI=1S/C55H103NO5/c1-4-7-10-13-16-19-22-25-26-27-30-32-35-38-41-44-47-53(58)52(50-57)56-54(59)49-51(46-43-40-37-34-31-28-23-20-17-14-11-8-5-2)61-55(60)48-45-42-39-36-33-29-24-21-18-15-12-9-6-3/h9,12,15,18,21,24,51-53,57-58H,4-8,10-11,13-14,16-17,19-20,22-23,25-50H2,1-3H3,(H,56,59)/b12-9+,18-15+,24-21-. The van der Waals surface area contributed by atoms with E-state index in [1.807, 2.05) is 0 Å². The monoisotopic (exact) mass is 858 g/mol. The zero-order valence-corrected chi connectivity index (χ0v) is 40.8. The first-order valence-electron chi connectivity index (χ1n) is 26.7. The minimum absolute atomic E-state index is 0.0733. The van der Waals surface area contributed by atoms with E-state index < -0.39 is 18.2 Å². The molecule has 0 rings (SSSR count). The number of ether oxygens (including phenoxy) is 1. The van der Waals surface area contributed by atoms with Crippen LogP contribution in [0.5, 0.6) is 0 Å². The van der Waals surface area contributed by atoms with E-state index in [4.69, 9.17) is 4.74 Å². The van der Waals surface area contributed by atoms with Crippen LogP contribution in [0.4, 0.5) is 0 Å². The van der Waals surface area contributed by atoms with E-state index in [-0.39, 0.29) is 24.9 Å². The molecule has 0 aromatic carbocycles. The Balaban J connectivity index is 4.52. The Bertz CT molecular complexity index is 1010. The molecular formula is C55H103NO5. The lowest BCUT2D eigenvalue weighted by Gasteiger charge is -2.24. The summed E-state index contributed by atoms with van der Waals surface area (Å²) in [6.45, 7) is 6.37. The molecule has 3 N–H and O–H groups in total. The molecule has 0 fully saturated rings. The molecule has 0 aliphatic heterocycles. The van der Waals surface area contributed by atoms with Crippen molar-refractivity contribution in [3.8, 4) is 0 Å². The number of amides is 1. The number of aliphatic hydroxyl groups excluding tert-OH is 2. The summed E-state index contributed by atoms with van der Waals surface area (Å²) < 4.78 is 5.93. The van der Waals surface area contributed by atoms with Crippen LogP contribution in [-0.2, 0) is 14.3 Å². The summed E-state index contributed by atoms with van der Waals surface area (Å²) in [5, 5.41) is 23.8. The zero-order chi connectivity index (χ0) is 44.5. The molecule has 0 aliphatic rings. The van der Waals surface area contributed by atoms with Crippen molar-refractivity contribution < 1.29 is 24.5 Å². The van der Waals surface area contributed by atoms with Crippen molar-refractivity contribution in [3.05, 3.63) is 36.5 Å². The molecule has 0 aromatic rings. The molecule has 0 spiro atoms. The van der Waals surface area contributed by atoms with Gasteiger partial charge in [-0.05, 0) is 44.9 Å². The van der Waals surface area contributed by atoms with Gasteiger partial charge in [0.25, 0.3) is 0 Å². The van der Waals surface area contributed by atoms with Crippen LogP contribution >= 0.6 is 0 Å². The molecule has 3 atom stereocenters. The summed E-state index contributed by atoms with van der Waals surface area (Å²) in [4.78, 5) is 26.1. The van der Waals surface area contributed by atoms with Crippen molar-refractivity contribution in [1.29, 1.82) is 0 Å². The van der Waals surface area contributed by atoms with E-state index in [1.54, 1.807) is 0 Å². The van der Waals surface area contributed by atoms with Gasteiger partial charge in [0.15, 0.2) is 0 Å². The van der Waals surface area contributed by atoms with Gasteiger partial charge in [0.1, 0.15) is 6.10 Å². The van der Waals surface area contributed by atoms with Crippen molar-refractivity contribution in [1.82, 2.24) is 5.32 Å². The quantitative estimate of drug-likeness (QED) is 0.0322. The average molecular weight is 858 g/mol. The Hall–Kier alpha value is -1.92. The highest BCUT2D eigenvalue weighted by Gasteiger charge is 2.24. The largest absolute Gasteiger partial charge is 0.462 e. The number of esters is 1. The highest BCUT2D eigenvalue weighted by molar-refractivity contribution is 5.77. The molecule has 6 heteroatoms. The summed E-state index contributed by atoms with van der Waals surface area (Å²) >= 11 is 0. The molecule has 0 saturated heterocycles. The lowest BCUT2D eigenvalue weighted by atomic mass is 10.0. The molecule has 0 bridgehead atoms. The van der Waals surface area contributed by atoms with E-state index >= 15 is 0 Å². The van der Waals surface area contributed by atoms with Gasteiger partial charge in [-0.2, -0.15) is 0 Å². The van der Waals surface area contributed by atoms with Crippen LogP contribution < -0.4 is 5.32 Å². The van der Waals surface area contributed by atoms with Crippen LogP contribution in [0.2, 0.25) is 0 Å². The Labute approximate surface area is 379 Å². The highest BCUT2D eigenvalue weighted by atomic mass is 16.5. The van der Waals surface area contributed by atoms with Gasteiger partial charge in [0.2, 0.25) is 5.91 Å². The number of unbranched alkanes of at least 4 members (excludes halogenated alkanes) is 32. The molecule has 0 aromatic heterocycles. The molecule has 61 heavy (non-hydrogen) atoms. The Kier molecular flexibility index (Phi) is 47.6. The van der Waals surface area contributed by atoms with Crippen LogP contribution in [0.3, 0.4) is 0 Å². The van der Waals surface area contributed by atoms with Crippen LogP contribution in [-0.4, -0.2) is 46.9 Å². The lowest BCUT2D eigenvalue weighted by Crippen LogP contribution is -2.46. The smallest absolute Gasteiger partial charge is 0.306 e. The maximum absolute atomic E-state index is 13.2. The van der Waals surface area contributed by atoms with Gasteiger partial charge in [-0.1, -0.05) is 256 Å². The van der Waals surface area contributed by atoms with Gasteiger partial charge in [-0.25, -0.2) is 0 Å². The normalized spacial score (nSPS) is 13.5. The average Bonchev–Trinajstić information content (AvgIpc) is 3.25. The summed E-state index contributed by atoms with van der Waals surface area (Å²) in [6, 6.07) is -0.702. The molecule has 358 valence electrons. The minimum Gasteiger partial charge on any atom is -0.462 e. The Morgan fingerprint density at radius 3 is 1.33 bits per heavy atom. The van der Waals surface area contributed by atoms with Gasteiger partial charge in [-0.15, -0.1) is 0 Å². The van der Waals surface area contributed by atoms with Crippen LogP contribution in [0.15, 0.2) is 36.5 Å². The van der Waals surface area contributed by atoms with Crippen LogP contribution in [0.25, 0.3) is 0 Å². The fourth-order valence-electron chi connectivity index (χ4n) is 8.26. The number of hydrogen-bond acceptors (Lipinski definition) is 5. The second-order valence-corrected chi connectivity index (χ2v) is 18.3. The first kappa shape index (κ1) is 59.1. The molecule has 0 radical (unpaired) electrons. The van der Waals surface area contributed by atoms with Crippen molar-refractivity contribution in [3.63, 3.8) is 0 Å². The SMILES string of the molecule is CC/C=C/C=C/C=C\CCCCCCCC(=O)OC(CCCCCCCCCCCCCCC)CC(=O)NC(CO)C(O)CCCCCCCCCCCCCCCCCC. The van der Waals surface area contributed by atoms with Crippen molar-refractivity contribution in [2.75, 3.05) is 6.61 Å². The number of nitrogens with one attached hydrogen (secondary N) is 1.